The van der Waals surface area contributed by atoms with Crippen molar-refractivity contribution >= 4 is 11.8 Å². The fourth-order valence-electron chi connectivity index (χ4n) is 3.42. The molecular formula is C21H22F2N6. The first kappa shape index (κ1) is 19.2. The SMILES string of the molecule is Cc1c(C=CCN2CCN(c3cc(F)ccc3F)CC2)cnn1-c1ncccn1. The van der Waals surface area contributed by atoms with Crippen molar-refractivity contribution < 1.29 is 8.78 Å². The predicted octanol–water partition coefficient (Wildman–Crippen LogP) is 3.08. The zero-order valence-corrected chi connectivity index (χ0v) is 16.2. The number of aromatic nitrogens is 4. The number of hydrogen-bond donors (Lipinski definition) is 0. The largest absolute Gasteiger partial charge is 0.367 e. The van der Waals surface area contributed by atoms with Gasteiger partial charge in [0, 0.05) is 56.7 Å². The molecule has 0 saturated carbocycles. The zero-order valence-electron chi connectivity index (χ0n) is 16.2. The van der Waals surface area contributed by atoms with E-state index in [1.54, 1.807) is 29.3 Å². The number of halogens is 2. The maximum Gasteiger partial charge on any atom is 0.250 e. The molecule has 1 aliphatic heterocycles. The number of hydrogen-bond acceptors (Lipinski definition) is 5. The zero-order chi connectivity index (χ0) is 20.2. The minimum absolute atomic E-state index is 0.339. The number of nitrogens with zero attached hydrogens (tertiary/aromatic N) is 6. The van der Waals surface area contributed by atoms with Crippen molar-refractivity contribution in [2.75, 3.05) is 37.6 Å². The molecule has 0 spiro atoms. The standard InChI is InChI=1S/C21H22F2N6/c1-16-17(15-26-29(16)21-24-7-3-8-25-21)4-2-9-27-10-12-28(13-11-27)20-14-18(22)5-6-19(20)23/h2-8,14-15H,9-13H2,1H3. The van der Waals surface area contributed by atoms with Crippen LogP contribution in [0.2, 0.25) is 0 Å². The van der Waals surface area contributed by atoms with Crippen LogP contribution in [0.3, 0.4) is 0 Å². The lowest BCUT2D eigenvalue weighted by Gasteiger charge is -2.35. The van der Waals surface area contributed by atoms with Gasteiger partial charge in [-0.15, -0.1) is 0 Å². The van der Waals surface area contributed by atoms with Crippen LogP contribution in [0.5, 0.6) is 0 Å². The summed E-state index contributed by atoms with van der Waals surface area (Å²) in [7, 11) is 0. The average Bonchev–Trinajstić information content (AvgIpc) is 3.11. The van der Waals surface area contributed by atoms with Gasteiger partial charge >= 0.3 is 0 Å². The molecule has 3 aromatic rings. The first-order chi connectivity index (χ1) is 14.1. The lowest BCUT2D eigenvalue weighted by atomic mass is 10.2. The van der Waals surface area contributed by atoms with Gasteiger partial charge in [0.25, 0.3) is 5.95 Å². The molecule has 0 aliphatic carbocycles. The van der Waals surface area contributed by atoms with Crippen LogP contribution >= 0.6 is 0 Å². The summed E-state index contributed by atoms with van der Waals surface area (Å²) >= 11 is 0. The van der Waals surface area contributed by atoms with E-state index in [1.807, 2.05) is 17.9 Å². The van der Waals surface area contributed by atoms with Crippen LogP contribution in [-0.4, -0.2) is 57.4 Å². The highest BCUT2D eigenvalue weighted by Crippen LogP contribution is 2.22. The molecule has 1 fully saturated rings. The maximum atomic E-state index is 14.0. The molecule has 29 heavy (non-hydrogen) atoms. The Hall–Kier alpha value is -3.13. The summed E-state index contributed by atoms with van der Waals surface area (Å²) in [5, 5.41) is 4.36. The average molecular weight is 396 g/mol. The summed E-state index contributed by atoms with van der Waals surface area (Å²) < 4.78 is 29.1. The summed E-state index contributed by atoms with van der Waals surface area (Å²) in [6.07, 6.45) is 9.31. The third-order valence-electron chi connectivity index (χ3n) is 5.07. The van der Waals surface area contributed by atoms with E-state index in [9.17, 15) is 8.78 Å². The first-order valence-corrected chi connectivity index (χ1v) is 9.53. The molecular weight excluding hydrogens is 374 g/mol. The molecule has 0 unspecified atom stereocenters. The van der Waals surface area contributed by atoms with Crippen LogP contribution in [-0.2, 0) is 0 Å². The van der Waals surface area contributed by atoms with Crippen molar-refractivity contribution in [3.63, 3.8) is 0 Å². The van der Waals surface area contributed by atoms with Gasteiger partial charge in [-0.1, -0.05) is 12.2 Å². The molecule has 1 aliphatic rings. The summed E-state index contributed by atoms with van der Waals surface area (Å²) in [5.41, 5.74) is 2.32. The molecule has 1 aromatic carbocycles. The smallest absolute Gasteiger partial charge is 0.250 e. The fraction of sp³-hybridized carbons (Fsp3) is 0.286. The van der Waals surface area contributed by atoms with Gasteiger partial charge in [0.2, 0.25) is 0 Å². The van der Waals surface area contributed by atoms with Crippen LogP contribution in [0.4, 0.5) is 14.5 Å². The lowest BCUT2D eigenvalue weighted by Crippen LogP contribution is -2.46. The Kier molecular flexibility index (Phi) is 5.62. The molecule has 8 heteroatoms. The quantitative estimate of drug-likeness (QED) is 0.663. The topological polar surface area (TPSA) is 50.1 Å². The van der Waals surface area contributed by atoms with Gasteiger partial charge in [0.15, 0.2) is 0 Å². The Balaban J connectivity index is 1.33. The van der Waals surface area contributed by atoms with E-state index in [2.05, 4.69) is 26.0 Å². The molecule has 0 atom stereocenters. The lowest BCUT2D eigenvalue weighted by molar-refractivity contribution is 0.283. The van der Waals surface area contributed by atoms with Crippen molar-refractivity contribution in [1.82, 2.24) is 24.6 Å². The van der Waals surface area contributed by atoms with Gasteiger partial charge < -0.3 is 4.90 Å². The molecule has 0 amide bonds. The van der Waals surface area contributed by atoms with Crippen molar-refractivity contribution in [1.29, 1.82) is 0 Å². The van der Waals surface area contributed by atoms with Crippen LogP contribution in [0, 0.1) is 18.6 Å². The van der Waals surface area contributed by atoms with E-state index in [0.717, 1.165) is 37.0 Å². The third kappa shape index (κ3) is 4.32. The van der Waals surface area contributed by atoms with E-state index in [1.165, 1.54) is 12.1 Å². The van der Waals surface area contributed by atoms with Gasteiger partial charge in [-0.3, -0.25) is 4.90 Å². The molecule has 1 saturated heterocycles. The second-order valence-corrected chi connectivity index (χ2v) is 6.93. The minimum atomic E-state index is -0.413. The summed E-state index contributed by atoms with van der Waals surface area (Å²) in [5.74, 6) is -0.247. The Morgan fingerprint density at radius 2 is 1.83 bits per heavy atom. The van der Waals surface area contributed by atoms with Crippen LogP contribution in [0.1, 0.15) is 11.3 Å². The fourth-order valence-corrected chi connectivity index (χ4v) is 3.42. The number of rotatable bonds is 5. The van der Waals surface area contributed by atoms with Gasteiger partial charge in [-0.25, -0.2) is 23.4 Å². The van der Waals surface area contributed by atoms with Crippen LogP contribution < -0.4 is 4.90 Å². The van der Waals surface area contributed by atoms with E-state index >= 15 is 0 Å². The Morgan fingerprint density at radius 1 is 1.07 bits per heavy atom. The molecule has 150 valence electrons. The number of benzene rings is 1. The molecule has 0 radical (unpaired) electrons. The minimum Gasteiger partial charge on any atom is -0.367 e. The molecule has 0 bridgehead atoms. The molecule has 2 aromatic heterocycles. The third-order valence-corrected chi connectivity index (χ3v) is 5.07. The van der Waals surface area contributed by atoms with Crippen molar-refractivity contribution in [2.24, 2.45) is 0 Å². The summed E-state index contributed by atoms with van der Waals surface area (Å²) in [6.45, 7) is 5.67. The Bertz CT molecular complexity index is 994. The van der Waals surface area contributed by atoms with Crippen molar-refractivity contribution in [3.05, 3.63) is 71.8 Å². The highest BCUT2D eigenvalue weighted by molar-refractivity contribution is 5.52. The van der Waals surface area contributed by atoms with Gasteiger partial charge in [-0.2, -0.15) is 5.10 Å². The van der Waals surface area contributed by atoms with Crippen LogP contribution in [0.15, 0.2) is 48.9 Å². The normalized spacial score (nSPS) is 15.3. The highest BCUT2D eigenvalue weighted by atomic mass is 19.1. The van der Waals surface area contributed by atoms with E-state index in [4.69, 9.17) is 0 Å². The first-order valence-electron chi connectivity index (χ1n) is 9.53. The van der Waals surface area contributed by atoms with Crippen molar-refractivity contribution in [2.45, 2.75) is 6.92 Å². The molecule has 3 heterocycles. The van der Waals surface area contributed by atoms with Crippen LogP contribution in [0.25, 0.3) is 12.0 Å². The Morgan fingerprint density at radius 3 is 2.59 bits per heavy atom. The summed E-state index contributed by atoms with van der Waals surface area (Å²) in [4.78, 5) is 12.6. The van der Waals surface area contributed by atoms with Crippen molar-refractivity contribution in [3.8, 4) is 5.95 Å². The summed E-state index contributed by atoms with van der Waals surface area (Å²) in [6, 6.07) is 5.37. The van der Waals surface area contributed by atoms with E-state index < -0.39 is 5.82 Å². The number of piperazine rings is 1. The van der Waals surface area contributed by atoms with Gasteiger partial charge in [0.1, 0.15) is 11.6 Å². The second-order valence-electron chi connectivity index (χ2n) is 6.93. The molecule has 6 nitrogen and oxygen atoms in total. The molecule has 0 N–H and O–H groups in total. The Labute approximate surface area is 168 Å². The number of anilines is 1. The van der Waals surface area contributed by atoms with E-state index in [-0.39, 0.29) is 5.82 Å². The highest BCUT2D eigenvalue weighted by Gasteiger charge is 2.19. The molecule has 4 rings (SSSR count). The predicted molar refractivity (Wildman–Crippen MR) is 108 cm³/mol. The van der Waals surface area contributed by atoms with E-state index in [0.29, 0.717) is 24.7 Å². The van der Waals surface area contributed by atoms with Gasteiger partial charge in [0.05, 0.1) is 17.6 Å². The van der Waals surface area contributed by atoms with Gasteiger partial charge in [-0.05, 0) is 25.1 Å². The maximum absolute atomic E-state index is 14.0. The monoisotopic (exact) mass is 396 g/mol. The second kappa shape index (κ2) is 8.48.